The Kier molecular flexibility index (Phi) is 3.93. The Morgan fingerprint density at radius 2 is 2.06 bits per heavy atom. The molecule has 0 radical (unpaired) electrons. The molecular formula is C13H14FN3S. The number of nitrogens with zero attached hydrogens (tertiary/aromatic N) is 2. The number of nitrogens with two attached hydrogens (primary N) is 1. The van der Waals surface area contributed by atoms with Gasteiger partial charge in [-0.05, 0) is 37.6 Å². The number of benzene rings is 1. The zero-order chi connectivity index (χ0) is 13.1. The van der Waals surface area contributed by atoms with Crippen molar-refractivity contribution in [3.05, 3.63) is 46.9 Å². The van der Waals surface area contributed by atoms with Crippen LogP contribution in [0.1, 0.15) is 16.8 Å². The number of hydrogen-bond donors (Lipinski definition) is 1. The summed E-state index contributed by atoms with van der Waals surface area (Å²) < 4.78 is 13.1. The minimum atomic E-state index is -0.258. The van der Waals surface area contributed by atoms with Gasteiger partial charge in [0.05, 0.1) is 5.69 Å². The van der Waals surface area contributed by atoms with E-state index in [0.29, 0.717) is 6.54 Å². The number of rotatable bonds is 3. The van der Waals surface area contributed by atoms with Crippen molar-refractivity contribution in [2.75, 3.05) is 0 Å². The lowest BCUT2D eigenvalue weighted by atomic mass is 10.1. The molecular weight excluding hydrogens is 249 g/mol. The normalized spacial score (nSPS) is 10.7. The van der Waals surface area contributed by atoms with Gasteiger partial charge in [-0.3, -0.25) is 0 Å². The quantitative estimate of drug-likeness (QED) is 0.925. The number of aryl methyl sites for hydroxylation is 1. The van der Waals surface area contributed by atoms with Crippen molar-refractivity contribution in [3.63, 3.8) is 0 Å². The summed E-state index contributed by atoms with van der Waals surface area (Å²) in [6.45, 7) is 4.28. The molecule has 1 aromatic heterocycles. The van der Waals surface area contributed by atoms with Crippen LogP contribution in [0.15, 0.2) is 34.2 Å². The maximum Gasteiger partial charge on any atom is 0.128 e. The van der Waals surface area contributed by atoms with Crippen LogP contribution < -0.4 is 5.73 Å². The highest BCUT2D eigenvalue weighted by atomic mass is 32.2. The lowest BCUT2D eigenvalue weighted by Crippen LogP contribution is -2.06. The van der Waals surface area contributed by atoms with Gasteiger partial charge in [0.15, 0.2) is 0 Å². The van der Waals surface area contributed by atoms with Gasteiger partial charge in [0.2, 0.25) is 0 Å². The van der Waals surface area contributed by atoms with Gasteiger partial charge in [0.25, 0.3) is 0 Å². The molecule has 5 heteroatoms. The number of hydrogen-bond acceptors (Lipinski definition) is 4. The van der Waals surface area contributed by atoms with E-state index < -0.39 is 0 Å². The average molecular weight is 263 g/mol. The Bertz CT molecular complexity index is 572. The van der Waals surface area contributed by atoms with Gasteiger partial charge in [-0.15, -0.1) is 5.10 Å². The van der Waals surface area contributed by atoms with Crippen LogP contribution in [0.5, 0.6) is 0 Å². The van der Waals surface area contributed by atoms with Crippen molar-refractivity contribution >= 4 is 11.8 Å². The molecule has 0 unspecified atom stereocenters. The van der Waals surface area contributed by atoms with Crippen LogP contribution in [-0.4, -0.2) is 10.2 Å². The summed E-state index contributed by atoms with van der Waals surface area (Å²) in [5.41, 5.74) is 8.64. The Balaban J connectivity index is 2.37. The first kappa shape index (κ1) is 13.0. The molecule has 0 fully saturated rings. The fraction of sp³-hybridized carbons (Fsp3) is 0.231. The highest BCUT2D eigenvalue weighted by Crippen LogP contribution is 2.30. The molecule has 1 aromatic carbocycles. The van der Waals surface area contributed by atoms with Gasteiger partial charge in [0.1, 0.15) is 10.8 Å². The Hall–Kier alpha value is -1.46. The van der Waals surface area contributed by atoms with Gasteiger partial charge >= 0.3 is 0 Å². The van der Waals surface area contributed by atoms with E-state index >= 15 is 0 Å². The van der Waals surface area contributed by atoms with Gasteiger partial charge in [-0.1, -0.05) is 17.8 Å². The highest BCUT2D eigenvalue weighted by molar-refractivity contribution is 7.99. The first-order chi connectivity index (χ1) is 8.61. The third-order valence-electron chi connectivity index (χ3n) is 2.76. The monoisotopic (exact) mass is 263 g/mol. The van der Waals surface area contributed by atoms with Crippen molar-refractivity contribution in [1.82, 2.24) is 10.2 Å². The summed E-state index contributed by atoms with van der Waals surface area (Å²) in [7, 11) is 0. The van der Waals surface area contributed by atoms with E-state index in [4.69, 9.17) is 5.73 Å². The minimum absolute atomic E-state index is 0.258. The van der Waals surface area contributed by atoms with Crippen molar-refractivity contribution in [2.24, 2.45) is 5.73 Å². The first-order valence-electron chi connectivity index (χ1n) is 5.58. The van der Waals surface area contributed by atoms with E-state index in [2.05, 4.69) is 10.2 Å². The third kappa shape index (κ3) is 2.68. The summed E-state index contributed by atoms with van der Waals surface area (Å²) in [6, 6.07) is 6.40. The van der Waals surface area contributed by atoms with Crippen molar-refractivity contribution in [2.45, 2.75) is 30.3 Å². The lowest BCUT2D eigenvalue weighted by molar-refractivity contribution is 0.624. The second-order valence-electron chi connectivity index (χ2n) is 3.96. The predicted octanol–water partition coefficient (Wildman–Crippen LogP) is 2.84. The first-order valence-corrected chi connectivity index (χ1v) is 6.39. The standard InChI is InChI=1S/C13H14FN3S/c1-8-9(2)16-17-13(12(8)7-15)18-11-5-3-4-10(14)6-11/h3-6H,7,15H2,1-2H3. The second kappa shape index (κ2) is 5.46. The summed E-state index contributed by atoms with van der Waals surface area (Å²) in [5.74, 6) is -0.258. The molecule has 94 valence electrons. The molecule has 1 heterocycles. The number of halogens is 1. The SMILES string of the molecule is Cc1nnc(Sc2cccc(F)c2)c(CN)c1C. The van der Waals surface area contributed by atoms with Crippen LogP contribution in [0, 0.1) is 19.7 Å². The average Bonchev–Trinajstić information content (AvgIpc) is 2.34. The smallest absolute Gasteiger partial charge is 0.128 e. The molecule has 18 heavy (non-hydrogen) atoms. The van der Waals surface area contributed by atoms with Gasteiger partial charge < -0.3 is 5.73 Å². The predicted molar refractivity (Wildman–Crippen MR) is 69.9 cm³/mol. The summed E-state index contributed by atoms with van der Waals surface area (Å²) >= 11 is 1.38. The van der Waals surface area contributed by atoms with E-state index in [-0.39, 0.29) is 5.82 Å². The summed E-state index contributed by atoms with van der Waals surface area (Å²) in [4.78, 5) is 0.794. The molecule has 0 aliphatic rings. The van der Waals surface area contributed by atoms with Crippen LogP contribution >= 0.6 is 11.8 Å². The van der Waals surface area contributed by atoms with Crippen molar-refractivity contribution in [3.8, 4) is 0 Å². The molecule has 0 bridgehead atoms. The third-order valence-corrected chi connectivity index (χ3v) is 3.77. The molecule has 0 aliphatic heterocycles. The van der Waals surface area contributed by atoms with Crippen LogP contribution in [0.3, 0.4) is 0 Å². The zero-order valence-electron chi connectivity index (χ0n) is 10.3. The maximum absolute atomic E-state index is 13.1. The molecule has 0 saturated carbocycles. The number of aromatic nitrogens is 2. The molecule has 0 saturated heterocycles. The second-order valence-corrected chi connectivity index (χ2v) is 5.02. The molecule has 2 N–H and O–H groups in total. The molecule has 0 spiro atoms. The van der Waals surface area contributed by atoms with Crippen LogP contribution in [0.4, 0.5) is 4.39 Å². The van der Waals surface area contributed by atoms with Crippen molar-refractivity contribution in [1.29, 1.82) is 0 Å². The van der Waals surface area contributed by atoms with E-state index in [9.17, 15) is 4.39 Å². The Labute approximate surface area is 110 Å². The Morgan fingerprint density at radius 1 is 1.28 bits per heavy atom. The highest BCUT2D eigenvalue weighted by Gasteiger charge is 2.11. The summed E-state index contributed by atoms with van der Waals surface area (Å²) in [5, 5.41) is 8.97. The Morgan fingerprint density at radius 3 is 2.72 bits per heavy atom. The molecule has 0 amide bonds. The molecule has 2 aromatic rings. The molecule has 3 nitrogen and oxygen atoms in total. The topological polar surface area (TPSA) is 51.8 Å². The van der Waals surface area contributed by atoms with Crippen LogP contribution in [0.25, 0.3) is 0 Å². The van der Waals surface area contributed by atoms with Gasteiger partial charge in [-0.2, -0.15) is 5.10 Å². The van der Waals surface area contributed by atoms with Crippen molar-refractivity contribution < 1.29 is 4.39 Å². The van der Waals surface area contributed by atoms with E-state index in [1.165, 1.54) is 23.9 Å². The van der Waals surface area contributed by atoms with E-state index in [1.807, 2.05) is 19.9 Å². The maximum atomic E-state index is 13.1. The minimum Gasteiger partial charge on any atom is -0.326 e. The lowest BCUT2D eigenvalue weighted by Gasteiger charge is -2.10. The fourth-order valence-corrected chi connectivity index (χ4v) is 2.58. The van der Waals surface area contributed by atoms with Gasteiger partial charge in [-0.25, -0.2) is 4.39 Å². The largest absolute Gasteiger partial charge is 0.326 e. The van der Waals surface area contributed by atoms with E-state index in [0.717, 1.165) is 26.7 Å². The fourth-order valence-electron chi connectivity index (χ4n) is 1.60. The van der Waals surface area contributed by atoms with Crippen LogP contribution in [0.2, 0.25) is 0 Å². The molecule has 0 atom stereocenters. The molecule has 2 rings (SSSR count). The zero-order valence-corrected chi connectivity index (χ0v) is 11.1. The van der Waals surface area contributed by atoms with Crippen LogP contribution in [-0.2, 0) is 6.54 Å². The molecule has 0 aliphatic carbocycles. The van der Waals surface area contributed by atoms with Gasteiger partial charge in [0, 0.05) is 17.0 Å². The summed E-state index contributed by atoms with van der Waals surface area (Å²) in [6.07, 6.45) is 0. The van der Waals surface area contributed by atoms with E-state index in [1.54, 1.807) is 6.07 Å².